The molecule has 5 aromatic carbocycles. The number of rotatable bonds is 16. The fourth-order valence-corrected chi connectivity index (χ4v) is 9.67. The van der Waals surface area contributed by atoms with Gasteiger partial charge in [-0.2, -0.15) is 13.2 Å². The summed E-state index contributed by atoms with van der Waals surface area (Å²) in [6, 6.07) is 39.2. The second-order valence-corrected chi connectivity index (χ2v) is 17.6. The molecule has 5 heteroatoms. The normalized spacial score (nSPS) is 18.9. The molecule has 0 aromatic heterocycles. The first kappa shape index (κ1) is 44.4. The van der Waals surface area contributed by atoms with E-state index >= 15 is 0 Å². The summed E-state index contributed by atoms with van der Waals surface area (Å²) in [5.41, 5.74) is 7.04. The van der Waals surface area contributed by atoms with Crippen molar-refractivity contribution in [2.45, 2.75) is 123 Å². The molecule has 0 aliphatic heterocycles. The Balaban J connectivity index is 0.000000219. The van der Waals surface area contributed by atoms with Crippen molar-refractivity contribution in [1.82, 2.24) is 10.2 Å². The Bertz CT molecular complexity index is 2060. The van der Waals surface area contributed by atoms with Gasteiger partial charge < -0.3 is 5.32 Å². The topological polar surface area (TPSA) is 15.3 Å². The molecular weight excluding hydrogens is 734 g/mol. The van der Waals surface area contributed by atoms with Crippen LogP contribution in [0.2, 0.25) is 0 Å². The molecule has 0 radical (unpaired) electrons. The first-order valence-corrected chi connectivity index (χ1v) is 22.5. The third-order valence-corrected chi connectivity index (χ3v) is 12.9. The summed E-state index contributed by atoms with van der Waals surface area (Å²) in [4.78, 5) is 2.54. The molecule has 0 bridgehead atoms. The van der Waals surface area contributed by atoms with Crippen LogP contribution in [-0.4, -0.2) is 30.6 Å². The first-order chi connectivity index (χ1) is 28.5. The molecule has 0 saturated heterocycles. The summed E-state index contributed by atoms with van der Waals surface area (Å²) in [7, 11) is 0. The van der Waals surface area contributed by atoms with Crippen LogP contribution in [0.3, 0.4) is 0 Å². The average Bonchev–Trinajstić information content (AvgIpc) is 3.24. The van der Waals surface area contributed by atoms with Gasteiger partial charge >= 0.3 is 6.18 Å². The molecule has 1 saturated carbocycles. The fraction of sp³-hybridized carbons (Fsp3) is 0.444. The first-order valence-electron chi connectivity index (χ1n) is 22.5. The van der Waals surface area contributed by atoms with Gasteiger partial charge in [-0.3, -0.25) is 4.90 Å². The number of hydrogen-bond acceptors (Lipinski definition) is 2. The minimum Gasteiger partial charge on any atom is -0.310 e. The molecule has 5 atom stereocenters. The number of allylic oxidation sites excluding steroid dienone is 1. The predicted molar refractivity (Wildman–Crippen MR) is 243 cm³/mol. The smallest absolute Gasteiger partial charge is 0.310 e. The van der Waals surface area contributed by atoms with Gasteiger partial charge in [-0.1, -0.05) is 153 Å². The van der Waals surface area contributed by atoms with Gasteiger partial charge in [-0.25, -0.2) is 0 Å². The van der Waals surface area contributed by atoms with E-state index in [1.807, 2.05) is 0 Å². The van der Waals surface area contributed by atoms with Gasteiger partial charge in [0.15, 0.2) is 0 Å². The lowest BCUT2D eigenvalue weighted by atomic mass is 9.80. The van der Waals surface area contributed by atoms with Crippen LogP contribution in [0, 0.1) is 18.8 Å². The Hall–Kier alpha value is -4.19. The minimum atomic E-state index is -4.30. The highest BCUT2D eigenvalue weighted by atomic mass is 19.4. The van der Waals surface area contributed by atoms with Gasteiger partial charge in [0.2, 0.25) is 0 Å². The van der Waals surface area contributed by atoms with Gasteiger partial charge in [0.05, 0.1) is 5.56 Å². The highest BCUT2D eigenvalue weighted by Crippen LogP contribution is 2.34. The van der Waals surface area contributed by atoms with Crippen LogP contribution in [0.25, 0.3) is 10.8 Å². The van der Waals surface area contributed by atoms with Crippen LogP contribution in [-0.2, 0) is 25.4 Å². The minimum absolute atomic E-state index is 0.307. The molecule has 5 aromatic rings. The van der Waals surface area contributed by atoms with Crippen LogP contribution >= 0.6 is 0 Å². The van der Waals surface area contributed by atoms with Crippen molar-refractivity contribution >= 4 is 10.8 Å². The van der Waals surface area contributed by atoms with Crippen LogP contribution in [0.1, 0.15) is 123 Å². The van der Waals surface area contributed by atoms with Crippen LogP contribution in [0.5, 0.6) is 0 Å². The van der Waals surface area contributed by atoms with E-state index in [-0.39, 0.29) is 0 Å². The van der Waals surface area contributed by atoms with Gasteiger partial charge in [-0.05, 0) is 148 Å². The summed E-state index contributed by atoms with van der Waals surface area (Å²) in [5.74, 6) is 2.26. The molecule has 2 aliphatic rings. The molecule has 314 valence electrons. The molecule has 2 aliphatic carbocycles. The largest absolute Gasteiger partial charge is 0.416 e. The molecule has 0 spiro atoms. The van der Waals surface area contributed by atoms with E-state index in [1.165, 1.54) is 89.2 Å². The molecule has 59 heavy (non-hydrogen) atoms. The maximum atomic E-state index is 13.1. The summed E-state index contributed by atoms with van der Waals surface area (Å²) in [6.45, 7) is 12.1. The lowest BCUT2D eigenvalue weighted by Crippen LogP contribution is -2.39. The van der Waals surface area contributed by atoms with Crippen molar-refractivity contribution in [3.63, 3.8) is 0 Å². The molecular formula is C54H67F3N2. The van der Waals surface area contributed by atoms with Crippen molar-refractivity contribution in [2.75, 3.05) is 19.6 Å². The Kier molecular flexibility index (Phi) is 16.5. The van der Waals surface area contributed by atoms with E-state index < -0.39 is 11.7 Å². The monoisotopic (exact) mass is 801 g/mol. The Morgan fingerprint density at radius 2 is 1.46 bits per heavy atom. The zero-order valence-corrected chi connectivity index (χ0v) is 36.0. The molecule has 2 nitrogen and oxygen atoms in total. The number of nitrogens with one attached hydrogen (secondary N) is 1. The Morgan fingerprint density at radius 3 is 2.22 bits per heavy atom. The standard InChI is InChI=1S/C32H36F3N.C22H31N/c1-24-10-5-11-26(22-24)13-8-20-36(21-9-14-27-12-6-17-29(23-27)32(33,34)35)25(2)30-19-7-16-28-15-3-4-18-31(28)30;1-17-8-5-9-19(16-17)10-7-15-23-18(2)21-14-6-12-20-11-3-4-13-22(20)21/h3-7,10-12,15,17-19,22-23,25,30H,8-9,13-14,16,20-21H2,1-2H3;3-4,6,11-14,17-19,23H,5,7-10,15-16H2,1-2H3/t;17?,18-,19?/m.1/s1. The summed E-state index contributed by atoms with van der Waals surface area (Å²) in [5, 5.41) is 6.47. The number of halogens is 3. The quantitative estimate of drug-likeness (QED) is 0.0790. The van der Waals surface area contributed by atoms with Crippen molar-refractivity contribution < 1.29 is 13.2 Å². The van der Waals surface area contributed by atoms with Crippen LogP contribution in [0.15, 0.2) is 127 Å². The van der Waals surface area contributed by atoms with Crippen molar-refractivity contribution in [1.29, 1.82) is 0 Å². The number of alkyl halides is 3. The highest BCUT2D eigenvalue weighted by Gasteiger charge is 2.30. The number of nitrogens with zero attached hydrogens (tertiary/aromatic N) is 1. The number of hydrogen-bond donors (Lipinski definition) is 1. The van der Waals surface area contributed by atoms with Crippen molar-refractivity contribution in [3.05, 3.63) is 166 Å². The van der Waals surface area contributed by atoms with E-state index in [2.05, 4.69) is 141 Å². The summed E-state index contributed by atoms with van der Waals surface area (Å²) < 4.78 is 39.4. The van der Waals surface area contributed by atoms with Gasteiger partial charge in [-0.15, -0.1) is 0 Å². The maximum Gasteiger partial charge on any atom is 0.416 e. The molecule has 1 fully saturated rings. The maximum absolute atomic E-state index is 13.1. The number of fused-ring (bicyclic) bond motifs is 2. The zero-order valence-electron chi connectivity index (χ0n) is 36.0. The average molecular weight is 801 g/mol. The highest BCUT2D eigenvalue weighted by molar-refractivity contribution is 5.86. The summed E-state index contributed by atoms with van der Waals surface area (Å²) in [6.07, 6.45) is 13.4. The Morgan fingerprint density at radius 1 is 0.763 bits per heavy atom. The molecule has 1 N–H and O–H groups in total. The van der Waals surface area contributed by atoms with E-state index in [1.54, 1.807) is 6.07 Å². The Labute approximate surface area is 353 Å². The van der Waals surface area contributed by atoms with Crippen LogP contribution in [0.4, 0.5) is 13.2 Å². The second-order valence-electron chi connectivity index (χ2n) is 17.6. The molecule has 0 amide bonds. The van der Waals surface area contributed by atoms with Crippen LogP contribution < -0.4 is 5.32 Å². The second kappa shape index (κ2) is 21.9. The number of aryl methyl sites for hydroxylation is 3. The van der Waals surface area contributed by atoms with Crippen molar-refractivity contribution in [3.8, 4) is 0 Å². The van der Waals surface area contributed by atoms with Gasteiger partial charge in [0, 0.05) is 18.0 Å². The molecule has 7 rings (SSSR count). The third-order valence-electron chi connectivity index (χ3n) is 12.9. The van der Waals surface area contributed by atoms with Gasteiger partial charge in [0.25, 0.3) is 0 Å². The lowest BCUT2D eigenvalue weighted by molar-refractivity contribution is -0.137. The van der Waals surface area contributed by atoms with Gasteiger partial charge in [0.1, 0.15) is 0 Å². The SMILES string of the molecule is CC1CCCC(CCCN[C@H](C)c2cccc3ccccc23)C1.Cc1cccc(CCCN(CCCc2cccc(C(F)(F)F)c2)C(C)C2C=CCc3ccccc32)c1. The van der Waals surface area contributed by atoms with E-state index in [4.69, 9.17) is 0 Å². The van der Waals surface area contributed by atoms with E-state index in [9.17, 15) is 13.2 Å². The molecule has 4 unspecified atom stereocenters. The summed E-state index contributed by atoms with van der Waals surface area (Å²) >= 11 is 0. The third kappa shape index (κ3) is 13.1. The zero-order chi connectivity index (χ0) is 41.6. The lowest BCUT2D eigenvalue weighted by Gasteiger charge is -2.36. The van der Waals surface area contributed by atoms with E-state index in [0.717, 1.165) is 68.8 Å². The fourth-order valence-electron chi connectivity index (χ4n) is 9.67. The molecule has 0 heterocycles. The number of benzene rings is 5. The predicted octanol–water partition coefficient (Wildman–Crippen LogP) is 14.3. The van der Waals surface area contributed by atoms with E-state index in [0.29, 0.717) is 24.4 Å². The van der Waals surface area contributed by atoms with Crippen molar-refractivity contribution in [2.24, 2.45) is 11.8 Å².